The third-order valence-corrected chi connectivity index (χ3v) is 5.65. The van der Waals surface area contributed by atoms with Gasteiger partial charge in [-0.25, -0.2) is 4.39 Å². The third kappa shape index (κ3) is 3.34. The van der Waals surface area contributed by atoms with Crippen molar-refractivity contribution >= 4 is 17.5 Å². The Kier molecular flexibility index (Phi) is 4.68. The van der Waals surface area contributed by atoms with Crippen LogP contribution >= 0.6 is 0 Å². The number of hydrogen-bond acceptors (Lipinski definition) is 2. The van der Waals surface area contributed by atoms with Crippen molar-refractivity contribution < 1.29 is 14.0 Å². The summed E-state index contributed by atoms with van der Waals surface area (Å²) < 4.78 is 13.4. The van der Waals surface area contributed by atoms with Gasteiger partial charge in [0.1, 0.15) is 5.82 Å². The van der Waals surface area contributed by atoms with Crippen LogP contribution in [0.5, 0.6) is 0 Å². The number of piperidine rings is 1. The first-order valence-electron chi connectivity index (χ1n) is 9.50. The minimum absolute atomic E-state index is 0.0739. The molecule has 0 N–H and O–H groups in total. The lowest BCUT2D eigenvalue weighted by molar-refractivity contribution is -0.124. The van der Waals surface area contributed by atoms with E-state index in [1.54, 1.807) is 17.0 Å². The molecule has 2 aromatic carbocycles. The standard InChI is InChI=1S/C22H23FN2O2/c1-15-13-17-5-2-3-8-20(17)25(15)22(27)16-9-11-24(12-10-16)21(26)18-6-4-7-19(23)14-18/h2-8,14-16H,9-13H2,1H3/t15-/m0/s1. The molecule has 1 atom stereocenters. The molecule has 0 aromatic heterocycles. The van der Waals surface area contributed by atoms with Crippen LogP contribution in [0, 0.1) is 11.7 Å². The average molecular weight is 366 g/mol. The van der Waals surface area contributed by atoms with E-state index in [4.69, 9.17) is 0 Å². The zero-order chi connectivity index (χ0) is 19.0. The molecule has 2 aliphatic rings. The second-order valence-corrected chi connectivity index (χ2v) is 7.47. The van der Waals surface area contributed by atoms with Crippen molar-refractivity contribution in [3.63, 3.8) is 0 Å². The number of halogens is 1. The summed E-state index contributed by atoms with van der Waals surface area (Å²) in [7, 11) is 0. The zero-order valence-corrected chi connectivity index (χ0v) is 15.4. The van der Waals surface area contributed by atoms with Gasteiger partial charge >= 0.3 is 0 Å². The number of nitrogens with zero attached hydrogens (tertiary/aromatic N) is 2. The first kappa shape index (κ1) is 17.7. The lowest BCUT2D eigenvalue weighted by Gasteiger charge is -2.34. The summed E-state index contributed by atoms with van der Waals surface area (Å²) in [6.07, 6.45) is 2.18. The number of benzene rings is 2. The molecule has 0 saturated carbocycles. The van der Waals surface area contributed by atoms with Crippen LogP contribution in [0.15, 0.2) is 48.5 Å². The maximum absolute atomic E-state index is 13.4. The van der Waals surface area contributed by atoms with Gasteiger partial charge in [-0.15, -0.1) is 0 Å². The van der Waals surface area contributed by atoms with Gasteiger partial charge < -0.3 is 9.80 Å². The number of likely N-dealkylation sites (tertiary alicyclic amines) is 1. The van der Waals surface area contributed by atoms with Crippen LogP contribution in [0.1, 0.15) is 35.7 Å². The Morgan fingerprint density at radius 3 is 2.52 bits per heavy atom. The summed E-state index contributed by atoms with van der Waals surface area (Å²) in [5.41, 5.74) is 2.60. The normalized spacial score (nSPS) is 19.9. The molecule has 2 aromatic rings. The van der Waals surface area contributed by atoms with Gasteiger partial charge in [-0.2, -0.15) is 0 Å². The molecule has 0 spiro atoms. The topological polar surface area (TPSA) is 40.6 Å². The second kappa shape index (κ2) is 7.14. The van der Waals surface area contributed by atoms with Gasteiger partial charge in [-0.3, -0.25) is 9.59 Å². The largest absolute Gasteiger partial charge is 0.339 e. The predicted molar refractivity (Wildman–Crippen MR) is 102 cm³/mol. The Morgan fingerprint density at radius 1 is 1.04 bits per heavy atom. The Bertz CT molecular complexity index is 874. The molecule has 2 amide bonds. The highest BCUT2D eigenvalue weighted by Crippen LogP contribution is 2.34. The predicted octanol–water partition coefficient (Wildman–Crippen LogP) is 3.66. The van der Waals surface area contributed by atoms with Crippen molar-refractivity contribution in [3.8, 4) is 0 Å². The number of hydrogen-bond donors (Lipinski definition) is 0. The number of para-hydroxylation sites is 1. The summed E-state index contributed by atoms with van der Waals surface area (Å²) >= 11 is 0. The van der Waals surface area contributed by atoms with Crippen LogP contribution in [0.2, 0.25) is 0 Å². The quantitative estimate of drug-likeness (QED) is 0.814. The molecule has 4 rings (SSSR count). The van der Waals surface area contributed by atoms with E-state index < -0.39 is 5.82 Å². The fourth-order valence-corrected chi connectivity index (χ4v) is 4.23. The van der Waals surface area contributed by atoms with Gasteiger partial charge in [-0.1, -0.05) is 24.3 Å². The van der Waals surface area contributed by atoms with Crippen molar-refractivity contribution in [2.75, 3.05) is 18.0 Å². The highest BCUT2D eigenvalue weighted by Gasteiger charge is 2.36. The first-order valence-corrected chi connectivity index (χ1v) is 9.50. The smallest absolute Gasteiger partial charge is 0.253 e. The summed E-state index contributed by atoms with van der Waals surface area (Å²) in [6.45, 7) is 3.13. The Labute approximate surface area is 158 Å². The Morgan fingerprint density at radius 2 is 1.78 bits per heavy atom. The van der Waals surface area contributed by atoms with Crippen molar-refractivity contribution in [1.82, 2.24) is 4.90 Å². The number of carbonyl (C=O) groups excluding carboxylic acids is 2. The fourth-order valence-electron chi connectivity index (χ4n) is 4.23. The summed E-state index contributed by atoms with van der Waals surface area (Å²) in [5, 5.41) is 0. The lowest BCUT2D eigenvalue weighted by atomic mass is 9.94. The van der Waals surface area contributed by atoms with Crippen LogP contribution in [0.3, 0.4) is 0 Å². The zero-order valence-electron chi connectivity index (χ0n) is 15.4. The second-order valence-electron chi connectivity index (χ2n) is 7.47. The lowest BCUT2D eigenvalue weighted by Crippen LogP contribution is -2.46. The minimum atomic E-state index is -0.410. The number of anilines is 1. The van der Waals surface area contributed by atoms with Crippen LogP contribution in [0.25, 0.3) is 0 Å². The maximum atomic E-state index is 13.4. The van der Waals surface area contributed by atoms with E-state index in [9.17, 15) is 14.0 Å². The number of fused-ring (bicyclic) bond motifs is 1. The molecule has 1 saturated heterocycles. The molecular formula is C22H23FN2O2. The molecule has 2 aliphatic heterocycles. The highest BCUT2D eigenvalue weighted by atomic mass is 19.1. The van der Waals surface area contributed by atoms with Gasteiger partial charge in [0, 0.05) is 36.3 Å². The molecule has 0 unspecified atom stereocenters. The van der Waals surface area contributed by atoms with Crippen molar-refractivity contribution in [3.05, 3.63) is 65.5 Å². The maximum Gasteiger partial charge on any atom is 0.253 e. The molecule has 27 heavy (non-hydrogen) atoms. The van der Waals surface area contributed by atoms with E-state index in [2.05, 4.69) is 13.0 Å². The molecule has 5 heteroatoms. The van der Waals surface area contributed by atoms with E-state index in [0.717, 1.165) is 12.1 Å². The molecule has 140 valence electrons. The number of carbonyl (C=O) groups is 2. The third-order valence-electron chi connectivity index (χ3n) is 5.65. The van der Waals surface area contributed by atoms with Gasteiger partial charge in [0.15, 0.2) is 0 Å². The Hall–Kier alpha value is -2.69. The van der Waals surface area contributed by atoms with Gasteiger partial charge in [0.05, 0.1) is 0 Å². The number of rotatable bonds is 2. The molecule has 0 radical (unpaired) electrons. The average Bonchev–Trinajstić information content (AvgIpc) is 3.02. The van der Waals surface area contributed by atoms with E-state index in [0.29, 0.717) is 31.5 Å². The minimum Gasteiger partial charge on any atom is -0.339 e. The summed E-state index contributed by atoms with van der Waals surface area (Å²) in [5.74, 6) is -0.492. The SMILES string of the molecule is C[C@H]1Cc2ccccc2N1C(=O)C1CCN(C(=O)c2cccc(F)c2)CC1. The van der Waals surface area contributed by atoms with Crippen molar-refractivity contribution in [2.45, 2.75) is 32.2 Å². The van der Waals surface area contributed by atoms with Crippen molar-refractivity contribution in [1.29, 1.82) is 0 Å². The molecule has 4 nitrogen and oxygen atoms in total. The monoisotopic (exact) mass is 366 g/mol. The number of amides is 2. The summed E-state index contributed by atoms with van der Waals surface area (Å²) in [6, 6.07) is 14.0. The molecule has 0 bridgehead atoms. The van der Waals surface area contributed by atoms with Gasteiger partial charge in [-0.05, 0) is 56.0 Å². The van der Waals surface area contributed by atoms with E-state index in [-0.39, 0.29) is 23.8 Å². The van der Waals surface area contributed by atoms with Gasteiger partial charge in [0.2, 0.25) is 5.91 Å². The van der Waals surface area contributed by atoms with Gasteiger partial charge in [0.25, 0.3) is 5.91 Å². The molecule has 2 heterocycles. The van der Waals surface area contributed by atoms with Crippen molar-refractivity contribution in [2.24, 2.45) is 5.92 Å². The van der Waals surface area contributed by atoms with Crippen LogP contribution < -0.4 is 4.90 Å². The van der Waals surface area contributed by atoms with E-state index >= 15 is 0 Å². The van der Waals surface area contributed by atoms with E-state index in [1.165, 1.54) is 17.7 Å². The molecule has 1 fully saturated rings. The summed E-state index contributed by atoms with van der Waals surface area (Å²) in [4.78, 5) is 29.4. The van der Waals surface area contributed by atoms with E-state index in [1.807, 2.05) is 23.1 Å². The first-order chi connectivity index (χ1) is 13.0. The highest BCUT2D eigenvalue weighted by molar-refractivity contribution is 5.98. The van der Waals surface area contributed by atoms with Crippen LogP contribution in [-0.2, 0) is 11.2 Å². The molecule has 0 aliphatic carbocycles. The van der Waals surface area contributed by atoms with Crippen LogP contribution in [0.4, 0.5) is 10.1 Å². The fraction of sp³-hybridized carbons (Fsp3) is 0.364. The Balaban J connectivity index is 1.42. The van der Waals surface area contributed by atoms with Crippen LogP contribution in [-0.4, -0.2) is 35.8 Å². The molecular weight excluding hydrogens is 343 g/mol.